The van der Waals surface area contributed by atoms with E-state index in [-0.39, 0.29) is 29.2 Å². The number of piperidine rings is 1. The van der Waals surface area contributed by atoms with E-state index in [9.17, 15) is 18.8 Å². The van der Waals surface area contributed by atoms with Gasteiger partial charge in [-0.2, -0.15) is 0 Å². The number of aromatic nitrogens is 1. The van der Waals surface area contributed by atoms with E-state index in [1.165, 1.54) is 12.3 Å². The van der Waals surface area contributed by atoms with Gasteiger partial charge >= 0.3 is 0 Å². The van der Waals surface area contributed by atoms with Gasteiger partial charge in [-0.15, -0.1) is 0 Å². The molecule has 2 aliphatic heterocycles. The zero-order valence-electron chi connectivity index (χ0n) is 14.9. The lowest BCUT2D eigenvalue weighted by atomic mass is 9.96. The van der Waals surface area contributed by atoms with Crippen LogP contribution in [0.3, 0.4) is 0 Å². The molecule has 0 N–H and O–H groups in total. The van der Waals surface area contributed by atoms with Crippen LogP contribution in [0.15, 0.2) is 18.5 Å². The van der Waals surface area contributed by atoms with E-state index in [0.717, 1.165) is 6.20 Å². The highest BCUT2D eigenvalue weighted by atomic mass is 19.1. The molecule has 3 heterocycles. The van der Waals surface area contributed by atoms with Crippen molar-refractivity contribution < 1.29 is 18.8 Å². The van der Waals surface area contributed by atoms with E-state index < -0.39 is 5.82 Å². The lowest BCUT2D eigenvalue weighted by Gasteiger charge is -2.32. The fourth-order valence-electron chi connectivity index (χ4n) is 3.53. The maximum atomic E-state index is 13.8. The second-order valence-corrected chi connectivity index (χ2v) is 6.84. The summed E-state index contributed by atoms with van der Waals surface area (Å²) in [6.07, 6.45) is 4.04. The van der Waals surface area contributed by atoms with E-state index in [1.807, 2.05) is 0 Å². The van der Waals surface area contributed by atoms with Gasteiger partial charge in [0.1, 0.15) is 0 Å². The standard InChI is InChI=1S/C18H23FN4O3/c1-21-12-13(3-4-16(21)24)17(25)22-7-2-8-23(10-9-22)18(26)14-5-6-20-11-15(14)19/h5-6,11,13H,2-4,7-10,12H2,1H3. The number of likely N-dealkylation sites (tertiary alicyclic amines) is 1. The predicted molar refractivity (Wildman–Crippen MR) is 91.7 cm³/mol. The van der Waals surface area contributed by atoms with Crippen LogP contribution in [0.25, 0.3) is 0 Å². The van der Waals surface area contributed by atoms with E-state index in [1.54, 1.807) is 21.7 Å². The molecule has 1 unspecified atom stereocenters. The van der Waals surface area contributed by atoms with Crippen molar-refractivity contribution in [3.63, 3.8) is 0 Å². The summed E-state index contributed by atoms with van der Waals surface area (Å²) in [5.41, 5.74) is 0.00666. The quantitative estimate of drug-likeness (QED) is 0.779. The Labute approximate surface area is 151 Å². The van der Waals surface area contributed by atoms with E-state index in [4.69, 9.17) is 0 Å². The Morgan fingerprint density at radius 1 is 1.19 bits per heavy atom. The molecule has 3 amide bonds. The first-order valence-electron chi connectivity index (χ1n) is 8.89. The SMILES string of the molecule is CN1CC(C(=O)N2CCCN(C(=O)c3ccncc3F)CC2)CCC1=O. The first kappa shape index (κ1) is 18.3. The third-order valence-corrected chi connectivity index (χ3v) is 5.07. The molecular weight excluding hydrogens is 339 g/mol. The van der Waals surface area contributed by atoms with Gasteiger partial charge in [0.05, 0.1) is 17.7 Å². The highest BCUT2D eigenvalue weighted by Gasteiger charge is 2.32. The monoisotopic (exact) mass is 362 g/mol. The number of carbonyl (C=O) groups excluding carboxylic acids is 3. The molecule has 2 aliphatic rings. The van der Waals surface area contributed by atoms with Gasteiger partial charge in [0.2, 0.25) is 11.8 Å². The van der Waals surface area contributed by atoms with Crippen LogP contribution in [0.4, 0.5) is 4.39 Å². The fraction of sp³-hybridized carbons (Fsp3) is 0.556. The van der Waals surface area contributed by atoms with Crippen LogP contribution < -0.4 is 0 Å². The number of halogens is 1. The zero-order chi connectivity index (χ0) is 18.7. The van der Waals surface area contributed by atoms with Gasteiger partial charge in [-0.1, -0.05) is 0 Å². The third-order valence-electron chi connectivity index (χ3n) is 5.07. The van der Waals surface area contributed by atoms with Crippen molar-refractivity contribution in [3.8, 4) is 0 Å². The number of nitrogens with zero attached hydrogens (tertiary/aromatic N) is 4. The molecule has 0 aliphatic carbocycles. The second kappa shape index (κ2) is 7.80. The van der Waals surface area contributed by atoms with Gasteiger partial charge in [0.25, 0.3) is 5.91 Å². The number of hydrogen-bond donors (Lipinski definition) is 0. The first-order chi connectivity index (χ1) is 12.5. The maximum Gasteiger partial charge on any atom is 0.257 e. The molecule has 0 bridgehead atoms. The second-order valence-electron chi connectivity index (χ2n) is 6.84. The van der Waals surface area contributed by atoms with Gasteiger partial charge in [-0.3, -0.25) is 19.4 Å². The Morgan fingerprint density at radius 3 is 2.65 bits per heavy atom. The van der Waals surface area contributed by atoms with Crippen LogP contribution in [0.1, 0.15) is 29.6 Å². The number of carbonyl (C=O) groups is 3. The van der Waals surface area contributed by atoms with Gasteiger partial charge in [0.15, 0.2) is 5.82 Å². The maximum absolute atomic E-state index is 13.8. The summed E-state index contributed by atoms with van der Waals surface area (Å²) in [4.78, 5) is 45.5. The molecule has 26 heavy (non-hydrogen) atoms. The predicted octanol–water partition coefficient (Wildman–Crippen LogP) is 0.764. The molecule has 0 aromatic carbocycles. The Hall–Kier alpha value is -2.51. The molecule has 1 aromatic rings. The largest absolute Gasteiger partial charge is 0.345 e. The molecule has 1 atom stereocenters. The van der Waals surface area contributed by atoms with Crippen molar-refractivity contribution in [3.05, 3.63) is 29.8 Å². The minimum absolute atomic E-state index is 0.00666. The molecule has 2 fully saturated rings. The minimum atomic E-state index is -0.635. The average Bonchev–Trinajstić information content (AvgIpc) is 2.89. The van der Waals surface area contributed by atoms with Gasteiger partial charge in [-0.05, 0) is 18.9 Å². The Kier molecular flexibility index (Phi) is 5.49. The van der Waals surface area contributed by atoms with Crippen LogP contribution in [-0.4, -0.2) is 77.2 Å². The topological polar surface area (TPSA) is 73.8 Å². The minimum Gasteiger partial charge on any atom is -0.345 e. The number of hydrogen-bond acceptors (Lipinski definition) is 4. The van der Waals surface area contributed by atoms with Crippen molar-refractivity contribution in [1.29, 1.82) is 0 Å². The molecule has 8 heteroatoms. The van der Waals surface area contributed by atoms with E-state index >= 15 is 0 Å². The normalized spacial score (nSPS) is 21.5. The van der Waals surface area contributed by atoms with E-state index in [0.29, 0.717) is 52.0 Å². The first-order valence-corrected chi connectivity index (χ1v) is 8.89. The summed E-state index contributed by atoms with van der Waals surface area (Å²) in [6.45, 7) is 2.28. The van der Waals surface area contributed by atoms with Crippen LogP contribution in [0.5, 0.6) is 0 Å². The lowest BCUT2D eigenvalue weighted by Crippen LogP contribution is -2.46. The Balaban J connectivity index is 1.61. The van der Waals surface area contributed by atoms with Crippen molar-refractivity contribution >= 4 is 17.7 Å². The van der Waals surface area contributed by atoms with Crippen molar-refractivity contribution in [1.82, 2.24) is 19.7 Å². The Morgan fingerprint density at radius 2 is 1.92 bits per heavy atom. The molecule has 0 saturated carbocycles. The molecule has 1 aromatic heterocycles. The Bertz CT molecular complexity index is 711. The number of amides is 3. The zero-order valence-corrected chi connectivity index (χ0v) is 14.9. The highest BCUT2D eigenvalue weighted by Crippen LogP contribution is 2.20. The van der Waals surface area contributed by atoms with Gasteiger partial charge in [0, 0.05) is 52.4 Å². The third kappa shape index (κ3) is 3.84. The van der Waals surface area contributed by atoms with Crippen LogP contribution in [0.2, 0.25) is 0 Å². The van der Waals surface area contributed by atoms with Crippen molar-refractivity contribution in [2.24, 2.45) is 5.92 Å². The summed E-state index contributed by atoms with van der Waals surface area (Å²) in [6, 6.07) is 1.38. The van der Waals surface area contributed by atoms with E-state index in [2.05, 4.69) is 4.98 Å². The summed E-state index contributed by atoms with van der Waals surface area (Å²) >= 11 is 0. The molecule has 0 radical (unpaired) electrons. The summed E-state index contributed by atoms with van der Waals surface area (Å²) in [5, 5.41) is 0. The molecule has 3 rings (SSSR count). The molecule has 2 saturated heterocycles. The summed E-state index contributed by atoms with van der Waals surface area (Å²) in [7, 11) is 1.72. The average molecular weight is 362 g/mol. The molecule has 7 nitrogen and oxygen atoms in total. The van der Waals surface area contributed by atoms with Crippen LogP contribution in [0, 0.1) is 11.7 Å². The van der Waals surface area contributed by atoms with Crippen molar-refractivity contribution in [2.75, 3.05) is 39.8 Å². The summed E-state index contributed by atoms with van der Waals surface area (Å²) < 4.78 is 13.8. The fourth-order valence-corrected chi connectivity index (χ4v) is 3.53. The number of rotatable bonds is 2. The van der Waals surface area contributed by atoms with Crippen molar-refractivity contribution in [2.45, 2.75) is 19.3 Å². The molecule has 140 valence electrons. The van der Waals surface area contributed by atoms with Gasteiger partial charge < -0.3 is 14.7 Å². The number of pyridine rings is 1. The van der Waals surface area contributed by atoms with Crippen LogP contribution >= 0.6 is 0 Å². The molecule has 0 spiro atoms. The van der Waals surface area contributed by atoms with Gasteiger partial charge in [-0.25, -0.2) is 4.39 Å². The molecular formula is C18H23FN4O3. The lowest BCUT2D eigenvalue weighted by molar-refractivity contribution is -0.142. The van der Waals surface area contributed by atoms with Crippen LogP contribution in [-0.2, 0) is 9.59 Å². The highest BCUT2D eigenvalue weighted by molar-refractivity contribution is 5.94. The smallest absolute Gasteiger partial charge is 0.257 e. The summed E-state index contributed by atoms with van der Waals surface area (Å²) in [5.74, 6) is -1.08.